The van der Waals surface area contributed by atoms with Crippen molar-refractivity contribution in [3.05, 3.63) is 12.2 Å². The van der Waals surface area contributed by atoms with E-state index in [2.05, 4.69) is 10.1 Å². The molecule has 1 aliphatic heterocycles. The lowest BCUT2D eigenvalue weighted by molar-refractivity contribution is -0.187. The van der Waals surface area contributed by atoms with Gasteiger partial charge in [-0.2, -0.15) is 18.3 Å². The lowest BCUT2D eigenvalue weighted by Crippen LogP contribution is -2.53. The molecule has 6 nitrogen and oxygen atoms in total. The van der Waals surface area contributed by atoms with Gasteiger partial charge in [0, 0.05) is 20.1 Å². The second-order valence-corrected chi connectivity index (χ2v) is 4.69. The number of alkyl halides is 3. The lowest BCUT2D eigenvalue weighted by Gasteiger charge is -2.37. The van der Waals surface area contributed by atoms with Gasteiger partial charge >= 0.3 is 12.1 Å². The minimum atomic E-state index is -4.84. The predicted molar refractivity (Wildman–Crippen MR) is 58.7 cm³/mol. The Morgan fingerprint density at radius 3 is 2.42 bits per heavy atom. The average Bonchev–Trinajstić information content (AvgIpc) is 2.76. The SMILES string of the molecule is Cn1cnc(C2(N)CCN(C(=O)C(F)(F)F)CC2)n1. The average molecular weight is 277 g/mol. The zero-order chi connectivity index (χ0) is 14.3. The van der Waals surface area contributed by atoms with Crippen molar-refractivity contribution in [3.8, 4) is 0 Å². The van der Waals surface area contributed by atoms with E-state index in [4.69, 9.17) is 5.73 Å². The van der Waals surface area contributed by atoms with Gasteiger partial charge in [0.1, 0.15) is 6.33 Å². The summed E-state index contributed by atoms with van der Waals surface area (Å²) < 4.78 is 38.4. The van der Waals surface area contributed by atoms with E-state index in [1.54, 1.807) is 7.05 Å². The summed E-state index contributed by atoms with van der Waals surface area (Å²) in [6.45, 7) is -0.0970. The number of carbonyl (C=O) groups excluding carboxylic acids is 1. The standard InChI is InChI=1S/C10H14F3N5O/c1-17-6-15-7(16-17)9(14)2-4-18(5-3-9)8(19)10(11,12)13/h6H,2-5,14H2,1H3. The normalized spacial score (nSPS) is 19.5. The van der Waals surface area contributed by atoms with Crippen LogP contribution in [-0.2, 0) is 17.4 Å². The number of halogens is 3. The number of piperidine rings is 1. The molecule has 19 heavy (non-hydrogen) atoms. The van der Waals surface area contributed by atoms with Crippen LogP contribution in [0.25, 0.3) is 0 Å². The van der Waals surface area contributed by atoms with Crippen LogP contribution < -0.4 is 5.73 Å². The van der Waals surface area contributed by atoms with Gasteiger partial charge in [-0.15, -0.1) is 0 Å². The van der Waals surface area contributed by atoms with Crippen molar-refractivity contribution in [2.24, 2.45) is 12.8 Å². The molecule has 0 bridgehead atoms. The zero-order valence-corrected chi connectivity index (χ0v) is 10.3. The molecule has 1 aliphatic rings. The van der Waals surface area contributed by atoms with E-state index in [0.717, 1.165) is 4.90 Å². The smallest absolute Gasteiger partial charge is 0.335 e. The molecule has 0 spiro atoms. The Morgan fingerprint density at radius 2 is 2.00 bits per heavy atom. The van der Waals surface area contributed by atoms with Gasteiger partial charge in [0.05, 0.1) is 5.54 Å². The highest BCUT2D eigenvalue weighted by atomic mass is 19.4. The Labute approximate surface area is 107 Å². The first-order chi connectivity index (χ1) is 8.72. The molecule has 1 saturated heterocycles. The van der Waals surface area contributed by atoms with Crippen molar-refractivity contribution in [3.63, 3.8) is 0 Å². The molecule has 0 saturated carbocycles. The molecular weight excluding hydrogens is 263 g/mol. The van der Waals surface area contributed by atoms with E-state index in [1.807, 2.05) is 0 Å². The first kappa shape index (κ1) is 13.8. The van der Waals surface area contributed by atoms with E-state index in [9.17, 15) is 18.0 Å². The van der Waals surface area contributed by atoms with E-state index in [0.29, 0.717) is 5.82 Å². The molecule has 1 aromatic rings. The molecule has 0 atom stereocenters. The Balaban J connectivity index is 2.05. The highest BCUT2D eigenvalue weighted by Crippen LogP contribution is 2.30. The summed E-state index contributed by atoms with van der Waals surface area (Å²) in [5, 5.41) is 4.08. The maximum Gasteiger partial charge on any atom is 0.471 e. The summed E-state index contributed by atoms with van der Waals surface area (Å²) in [5.74, 6) is -1.42. The first-order valence-electron chi connectivity index (χ1n) is 5.73. The van der Waals surface area contributed by atoms with Crippen LogP contribution in [0.4, 0.5) is 13.2 Å². The highest BCUT2D eigenvalue weighted by Gasteiger charge is 2.45. The number of hydrogen-bond acceptors (Lipinski definition) is 4. The molecular formula is C10H14F3N5O. The Hall–Kier alpha value is -1.64. The molecule has 0 radical (unpaired) electrons. The number of rotatable bonds is 1. The molecule has 2 rings (SSSR count). The van der Waals surface area contributed by atoms with Gasteiger partial charge < -0.3 is 10.6 Å². The summed E-state index contributed by atoms with van der Waals surface area (Å²) in [4.78, 5) is 15.9. The molecule has 0 unspecified atom stereocenters. The highest BCUT2D eigenvalue weighted by molar-refractivity contribution is 5.81. The summed E-state index contributed by atoms with van der Waals surface area (Å²) >= 11 is 0. The van der Waals surface area contributed by atoms with Crippen molar-refractivity contribution in [2.45, 2.75) is 24.6 Å². The third kappa shape index (κ3) is 2.70. The van der Waals surface area contributed by atoms with Crippen LogP contribution in [0.2, 0.25) is 0 Å². The maximum absolute atomic E-state index is 12.3. The van der Waals surface area contributed by atoms with Crippen molar-refractivity contribution in [1.82, 2.24) is 19.7 Å². The van der Waals surface area contributed by atoms with Crippen molar-refractivity contribution >= 4 is 5.91 Å². The molecule has 1 fully saturated rings. The minimum absolute atomic E-state index is 0.0485. The first-order valence-corrected chi connectivity index (χ1v) is 5.73. The van der Waals surface area contributed by atoms with Crippen LogP contribution in [0.15, 0.2) is 6.33 Å². The van der Waals surface area contributed by atoms with E-state index < -0.39 is 17.6 Å². The third-order valence-corrected chi connectivity index (χ3v) is 3.23. The largest absolute Gasteiger partial charge is 0.471 e. The summed E-state index contributed by atoms with van der Waals surface area (Å²) in [7, 11) is 1.68. The fourth-order valence-electron chi connectivity index (χ4n) is 2.08. The zero-order valence-electron chi connectivity index (χ0n) is 10.3. The second kappa shape index (κ2) is 4.48. The molecule has 106 valence electrons. The molecule has 9 heteroatoms. The van der Waals surface area contributed by atoms with Gasteiger partial charge in [0.25, 0.3) is 0 Å². The summed E-state index contributed by atoms with van der Waals surface area (Å²) in [5.41, 5.74) is 5.24. The predicted octanol–water partition coefficient (Wildman–Crippen LogP) is 0.154. The molecule has 0 aromatic carbocycles. The van der Waals surface area contributed by atoms with Gasteiger partial charge in [-0.25, -0.2) is 4.98 Å². The number of aromatic nitrogens is 3. The fraction of sp³-hybridized carbons (Fsp3) is 0.700. The Morgan fingerprint density at radius 1 is 1.42 bits per heavy atom. The van der Waals surface area contributed by atoms with Gasteiger partial charge in [0.15, 0.2) is 5.82 Å². The van der Waals surface area contributed by atoms with E-state index in [1.165, 1.54) is 11.0 Å². The van der Waals surface area contributed by atoms with Gasteiger partial charge in [-0.1, -0.05) is 0 Å². The summed E-state index contributed by atoms with van der Waals surface area (Å²) in [6, 6.07) is 0. The van der Waals surface area contributed by atoms with Crippen LogP contribution in [0.1, 0.15) is 18.7 Å². The Bertz CT molecular complexity index is 476. The lowest BCUT2D eigenvalue weighted by atomic mass is 9.88. The van der Waals surface area contributed by atoms with Gasteiger partial charge in [0.2, 0.25) is 0 Å². The number of carbonyl (C=O) groups is 1. The molecule has 0 aliphatic carbocycles. The number of nitrogens with zero attached hydrogens (tertiary/aromatic N) is 4. The van der Waals surface area contributed by atoms with Gasteiger partial charge in [-0.3, -0.25) is 9.48 Å². The number of nitrogens with two attached hydrogens (primary N) is 1. The molecule has 1 amide bonds. The van der Waals surface area contributed by atoms with Crippen molar-refractivity contribution < 1.29 is 18.0 Å². The Kier molecular flexibility index (Phi) is 3.25. The number of hydrogen-bond donors (Lipinski definition) is 1. The van der Waals surface area contributed by atoms with Gasteiger partial charge in [-0.05, 0) is 12.8 Å². The van der Waals surface area contributed by atoms with Crippen LogP contribution in [0.5, 0.6) is 0 Å². The van der Waals surface area contributed by atoms with Crippen LogP contribution >= 0.6 is 0 Å². The van der Waals surface area contributed by atoms with Crippen LogP contribution in [0.3, 0.4) is 0 Å². The van der Waals surface area contributed by atoms with E-state index >= 15 is 0 Å². The molecule has 2 heterocycles. The van der Waals surface area contributed by atoms with Crippen LogP contribution in [0, 0.1) is 0 Å². The summed E-state index contributed by atoms with van der Waals surface area (Å²) in [6.07, 6.45) is -2.94. The minimum Gasteiger partial charge on any atom is -0.335 e. The quantitative estimate of drug-likeness (QED) is 0.793. The van der Waals surface area contributed by atoms with E-state index in [-0.39, 0.29) is 25.9 Å². The number of likely N-dealkylation sites (tertiary alicyclic amines) is 1. The molecule has 1 aromatic heterocycles. The fourth-order valence-corrected chi connectivity index (χ4v) is 2.08. The van der Waals surface area contributed by atoms with Crippen molar-refractivity contribution in [1.29, 1.82) is 0 Å². The van der Waals surface area contributed by atoms with Crippen LogP contribution in [-0.4, -0.2) is 44.8 Å². The number of aryl methyl sites for hydroxylation is 1. The molecule has 2 N–H and O–H groups in total. The maximum atomic E-state index is 12.3. The second-order valence-electron chi connectivity index (χ2n) is 4.69. The monoisotopic (exact) mass is 277 g/mol. The third-order valence-electron chi connectivity index (χ3n) is 3.23. The number of amides is 1. The topological polar surface area (TPSA) is 77.0 Å². The van der Waals surface area contributed by atoms with Crippen molar-refractivity contribution in [2.75, 3.05) is 13.1 Å².